The van der Waals surface area contributed by atoms with E-state index in [0.717, 1.165) is 49.5 Å². The zero-order chi connectivity index (χ0) is 19.8. The van der Waals surface area contributed by atoms with Crippen molar-refractivity contribution in [3.05, 3.63) is 24.3 Å². The third kappa shape index (κ3) is 3.82. The summed E-state index contributed by atoms with van der Waals surface area (Å²) in [5.74, 6) is 2.33. The van der Waals surface area contributed by atoms with E-state index in [9.17, 15) is 0 Å². The van der Waals surface area contributed by atoms with Crippen LogP contribution in [0.4, 0.5) is 17.6 Å². The first kappa shape index (κ1) is 18.4. The lowest BCUT2D eigenvalue weighted by Crippen LogP contribution is -2.46. The van der Waals surface area contributed by atoms with E-state index in [1.165, 1.54) is 0 Å². The van der Waals surface area contributed by atoms with E-state index in [4.69, 9.17) is 24.4 Å². The van der Waals surface area contributed by atoms with Gasteiger partial charge in [0.05, 0.1) is 30.8 Å². The molecule has 29 heavy (non-hydrogen) atoms. The first-order valence-electron chi connectivity index (χ1n) is 10.3. The number of hydrogen-bond acceptors (Lipinski definition) is 8. The highest BCUT2D eigenvalue weighted by atomic mass is 16.5. The average molecular weight is 394 g/mol. The summed E-state index contributed by atoms with van der Waals surface area (Å²) >= 11 is 0. The maximum absolute atomic E-state index is 5.89. The van der Waals surface area contributed by atoms with Gasteiger partial charge in [-0.1, -0.05) is 6.08 Å². The van der Waals surface area contributed by atoms with Crippen molar-refractivity contribution in [1.29, 1.82) is 0 Å². The lowest BCUT2D eigenvalue weighted by atomic mass is 10.1. The summed E-state index contributed by atoms with van der Waals surface area (Å²) in [6.07, 6.45) is 5.30. The molecule has 0 radical (unpaired) electrons. The Balaban J connectivity index is 1.59. The van der Waals surface area contributed by atoms with Crippen LogP contribution in [-0.2, 0) is 9.47 Å². The monoisotopic (exact) mass is 394 g/mol. The van der Waals surface area contributed by atoms with Crippen molar-refractivity contribution in [2.24, 2.45) is 4.99 Å². The lowest BCUT2D eigenvalue weighted by molar-refractivity contribution is -0.00570. The largest absolute Gasteiger partial charge is 0.378 e. The Morgan fingerprint density at radius 1 is 1.00 bits per heavy atom. The number of anilines is 2. The van der Waals surface area contributed by atoms with E-state index in [2.05, 4.69) is 34.7 Å². The van der Waals surface area contributed by atoms with E-state index in [0.29, 0.717) is 30.6 Å². The molecule has 3 aliphatic rings. The van der Waals surface area contributed by atoms with Crippen molar-refractivity contribution in [2.45, 2.75) is 32.5 Å². The third-order valence-corrected chi connectivity index (χ3v) is 5.42. The second kappa shape index (κ2) is 7.68. The Kier molecular flexibility index (Phi) is 4.89. The Hall–Kier alpha value is -2.58. The van der Waals surface area contributed by atoms with Gasteiger partial charge in [0.2, 0.25) is 5.95 Å². The van der Waals surface area contributed by atoms with E-state index in [1.807, 2.05) is 18.2 Å². The highest BCUT2D eigenvalue weighted by Gasteiger charge is 2.26. The summed E-state index contributed by atoms with van der Waals surface area (Å²) in [6, 6.07) is 4.00. The molecule has 2 aromatic rings. The van der Waals surface area contributed by atoms with Gasteiger partial charge in [-0.3, -0.25) is 0 Å². The van der Waals surface area contributed by atoms with Gasteiger partial charge < -0.3 is 19.3 Å². The van der Waals surface area contributed by atoms with Crippen LogP contribution in [0, 0.1) is 0 Å². The number of nitrogens with zero attached hydrogens (tertiary/aromatic N) is 6. The highest BCUT2D eigenvalue weighted by Crippen LogP contribution is 2.29. The van der Waals surface area contributed by atoms with Crippen LogP contribution in [0.3, 0.4) is 0 Å². The Bertz CT molecular complexity index is 959. The minimum Gasteiger partial charge on any atom is -0.378 e. The second-order valence-corrected chi connectivity index (χ2v) is 7.86. The van der Waals surface area contributed by atoms with Crippen LogP contribution >= 0.6 is 0 Å². The van der Waals surface area contributed by atoms with Crippen molar-refractivity contribution in [2.75, 3.05) is 49.2 Å². The Morgan fingerprint density at radius 2 is 1.76 bits per heavy atom. The summed E-state index contributed by atoms with van der Waals surface area (Å²) < 4.78 is 11.4. The number of ether oxygens (including phenoxy) is 2. The van der Waals surface area contributed by atoms with Crippen LogP contribution in [-0.4, -0.2) is 72.3 Å². The molecule has 152 valence electrons. The van der Waals surface area contributed by atoms with Gasteiger partial charge in [0.15, 0.2) is 11.5 Å². The molecule has 0 amide bonds. The molecule has 2 aromatic heterocycles. The molecule has 2 unspecified atom stereocenters. The molecule has 2 aliphatic heterocycles. The molecule has 1 aliphatic carbocycles. The van der Waals surface area contributed by atoms with Crippen molar-refractivity contribution in [1.82, 2.24) is 15.0 Å². The predicted molar refractivity (Wildman–Crippen MR) is 113 cm³/mol. The van der Waals surface area contributed by atoms with Crippen LogP contribution in [0.5, 0.6) is 0 Å². The third-order valence-electron chi connectivity index (χ3n) is 5.42. The Morgan fingerprint density at radius 3 is 2.45 bits per heavy atom. The van der Waals surface area contributed by atoms with Gasteiger partial charge in [-0.05, 0) is 32.1 Å². The van der Waals surface area contributed by atoms with E-state index >= 15 is 0 Å². The minimum atomic E-state index is 0.140. The van der Waals surface area contributed by atoms with Crippen LogP contribution in [0.1, 0.15) is 20.3 Å². The molecule has 2 fully saturated rings. The quantitative estimate of drug-likeness (QED) is 0.792. The van der Waals surface area contributed by atoms with Crippen LogP contribution in [0.2, 0.25) is 0 Å². The van der Waals surface area contributed by atoms with Crippen molar-refractivity contribution in [3.63, 3.8) is 0 Å². The molecule has 0 bridgehead atoms. The fourth-order valence-corrected chi connectivity index (χ4v) is 3.99. The van der Waals surface area contributed by atoms with E-state index in [1.54, 1.807) is 0 Å². The van der Waals surface area contributed by atoms with Crippen molar-refractivity contribution < 1.29 is 9.47 Å². The van der Waals surface area contributed by atoms with Crippen molar-refractivity contribution in [3.8, 4) is 0 Å². The first-order chi connectivity index (χ1) is 14.2. The van der Waals surface area contributed by atoms with Gasteiger partial charge in [-0.15, -0.1) is 0 Å². The number of morpholine rings is 2. The van der Waals surface area contributed by atoms with Gasteiger partial charge in [0.1, 0.15) is 5.82 Å². The van der Waals surface area contributed by atoms with Crippen LogP contribution < -0.4 is 9.80 Å². The number of allylic oxidation sites excluding steroid dienone is 2. The fourth-order valence-electron chi connectivity index (χ4n) is 3.99. The normalized spacial score (nSPS) is 26.2. The topological polar surface area (TPSA) is 76.0 Å². The van der Waals surface area contributed by atoms with E-state index < -0.39 is 0 Å². The number of aromatic nitrogens is 3. The SMILES string of the molecule is CC1CN(c2nc(N3CCOCC3)c3ccc(N=C4C=CC4)nc3n2)CC(C)O1. The number of aliphatic imine (C=N–C) groups is 1. The fraction of sp³-hybridized carbons (Fsp3) is 0.524. The summed E-state index contributed by atoms with van der Waals surface area (Å²) in [4.78, 5) is 23.7. The van der Waals surface area contributed by atoms with E-state index in [-0.39, 0.29) is 12.2 Å². The lowest BCUT2D eigenvalue weighted by Gasteiger charge is -2.36. The zero-order valence-electron chi connectivity index (χ0n) is 16.9. The predicted octanol–water partition coefficient (Wildman–Crippen LogP) is 2.51. The molecule has 4 heterocycles. The standard InChI is InChI=1S/C21H26N6O2/c1-14-12-27(13-15(2)29-14)21-24-19-17(20(25-21)26-8-10-28-11-9-26)6-7-18(23-19)22-16-4-3-5-16/h3-4,6-7,14-15H,5,8-13H2,1-2H3. The molecule has 0 aromatic carbocycles. The zero-order valence-corrected chi connectivity index (χ0v) is 16.9. The number of pyridine rings is 1. The number of fused-ring (bicyclic) bond motifs is 1. The maximum atomic E-state index is 5.89. The second-order valence-electron chi connectivity index (χ2n) is 7.86. The molecule has 0 N–H and O–H groups in total. The first-order valence-corrected chi connectivity index (χ1v) is 10.3. The molecular formula is C21H26N6O2. The Labute approximate surface area is 170 Å². The summed E-state index contributed by atoms with van der Waals surface area (Å²) in [5, 5.41) is 0.957. The molecule has 8 heteroatoms. The molecular weight excluding hydrogens is 368 g/mol. The van der Waals surface area contributed by atoms with Gasteiger partial charge >= 0.3 is 0 Å². The van der Waals surface area contributed by atoms with Gasteiger partial charge in [-0.2, -0.15) is 9.97 Å². The molecule has 8 nitrogen and oxygen atoms in total. The van der Waals surface area contributed by atoms with Gasteiger partial charge in [0.25, 0.3) is 0 Å². The summed E-state index contributed by atoms with van der Waals surface area (Å²) in [6.45, 7) is 8.76. The smallest absolute Gasteiger partial charge is 0.229 e. The van der Waals surface area contributed by atoms with Crippen LogP contribution in [0.25, 0.3) is 11.0 Å². The number of hydrogen-bond donors (Lipinski definition) is 0. The summed E-state index contributed by atoms with van der Waals surface area (Å²) in [5.41, 5.74) is 1.74. The average Bonchev–Trinajstić information content (AvgIpc) is 2.69. The van der Waals surface area contributed by atoms with Gasteiger partial charge in [0, 0.05) is 38.3 Å². The van der Waals surface area contributed by atoms with Crippen LogP contribution in [0.15, 0.2) is 29.3 Å². The highest BCUT2D eigenvalue weighted by molar-refractivity contribution is 6.03. The van der Waals surface area contributed by atoms with Gasteiger partial charge in [-0.25, -0.2) is 9.98 Å². The molecule has 2 atom stereocenters. The number of rotatable bonds is 3. The summed E-state index contributed by atoms with van der Waals surface area (Å²) in [7, 11) is 0. The van der Waals surface area contributed by atoms with Crippen molar-refractivity contribution >= 4 is 34.3 Å². The molecule has 0 spiro atoms. The molecule has 0 saturated carbocycles. The maximum Gasteiger partial charge on any atom is 0.229 e. The minimum absolute atomic E-state index is 0.140. The molecule has 2 saturated heterocycles. The molecule has 5 rings (SSSR count).